The molecule has 2 rings (SSSR count). The quantitative estimate of drug-likeness (QED) is 0.304. The van der Waals surface area contributed by atoms with E-state index in [-0.39, 0.29) is 30.5 Å². The lowest BCUT2D eigenvalue weighted by atomic mass is 9.96. The van der Waals surface area contributed by atoms with Crippen LogP contribution in [-0.2, 0) is 6.54 Å². The topological polar surface area (TPSA) is 48.9 Å². The van der Waals surface area contributed by atoms with E-state index in [0.29, 0.717) is 25.0 Å². The van der Waals surface area contributed by atoms with Crippen molar-refractivity contribution in [1.82, 2.24) is 15.5 Å². The molecule has 0 spiro atoms. The number of nitrogens with zero attached hydrogens (tertiary/aromatic N) is 2. The summed E-state index contributed by atoms with van der Waals surface area (Å²) in [4.78, 5) is 6.90. The van der Waals surface area contributed by atoms with Gasteiger partial charge in [-0.1, -0.05) is 12.1 Å². The van der Waals surface area contributed by atoms with Crippen molar-refractivity contribution < 1.29 is 17.9 Å². The Morgan fingerprint density at radius 2 is 1.83 bits per heavy atom. The summed E-state index contributed by atoms with van der Waals surface area (Å²) < 4.78 is 42.1. The molecule has 1 saturated heterocycles. The molecule has 2 N–H and O–H groups in total. The van der Waals surface area contributed by atoms with Gasteiger partial charge in [0.2, 0.25) is 0 Å². The zero-order chi connectivity index (χ0) is 20.4. The van der Waals surface area contributed by atoms with E-state index in [0.717, 1.165) is 38.2 Å². The maximum absolute atomic E-state index is 12.3. The number of guanidine groups is 1. The van der Waals surface area contributed by atoms with Crippen LogP contribution in [0.2, 0.25) is 0 Å². The number of likely N-dealkylation sites (tertiary alicyclic amines) is 1. The Kier molecular flexibility index (Phi) is 11.7. The van der Waals surface area contributed by atoms with Crippen LogP contribution in [0.1, 0.15) is 31.7 Å². The molecule has 9 heteroatoms. The molecular weight excluding hydrogens is 496 g/mol. The van der Waals surface area contributed by atoms with E-state index < -0.39 is 12.6 Å². The minimum Gasteiger partial charge on any atom is -0.497 e. The number of methoxy groups -OCH3 is 1. The van der Waals surface area contributed by atoms with Crippen LogP contribution >= 0.6 is 24.0 Å². The minimum absolute atomic E-state index is 0. The third kappa shape index (κ3) is 10.4. The van der Waals surface area contributed by atoms with Gasteiger partial charge in [-0.15, -0.1) is 24.0 Å². The number of piperidine rings is 1. The highest BCUT2D eigenvalue weighted by Gasteiger charge is 2.26. The molecule has 0 bridgehead atoms. The van der Waals surface area contributed by atoms with Gasteiger partial charge in [-0.3, -0.25) is 9.89 Å². The molecule has 1 aromatic rings. The summed E-state index contributed by atoms with van der Waals surface area (Å²) in [5.41, 5.74) is 1.26. The van der Waals surface area contributed by atoms with Gasteiger partial charge in [0.25, 0.3) is 0 Å². The molecule has 0 saturated carbocycles. The molecule has 1 aliphatic heterocycles. The van der Waals surface area contributed by atoms with Crippen LogP contribution in [0.15, 0.2) is 29.3 Å². The van der Waals surface area contributed by atoms with Crippen molar-refractivity contribution in [3.05, 3.63) is 29.8 Å². The second-order valence-electron chi connectivity index (χ2n) is 7.08. The van der Waals surface area contributed by atoms with Gasteiger partial charge in [0.15, 0.2) is 5.96 Å². The first-order chi connectivity index (χ1) is 13.4. The number of hydrogen-bond donors (Lipinski definition) is 2. The molecule has 0 amide bonds. The third-order valence-electron chi connectivity index (χ3n) is 4.83. The smallest absolute Gasteiger partial charge is 0.390 e. The number of halogens is 4. The van der Waals surface area contributed by atoms with Crippen LogP contribution in [0.3, 0.4) is 0 Å². The van der Waals surface area contributed by atoms with E-state index in [1.54, 1.807) is 7.11 Å². The largest absolute Gasteiger partial charge is 0.497 e. The lowest BCUT2D eigenvalue weighted by Gasteiger charge is -2.31. The molecule has 1 heterocycles. The average molecular weight is 528 g/mol. The van der Waals surface area contributed by atoms with Gasteiger partial charge in [0.1, 0.15) is 5.75 Å². The Bertz CT molecular complexity index is 603. The second-order valence-corrected chi connectivity index (χ2v) is 7.08. The molecule has 5 nitrogen and oxygen atoms in total. The molecule has 0 unspecified atom stereocenters. The van der Waals surface area contributed by atoms with Crippen molar-refractivity contribution in [2.45, 2.75) is 38.9 Å². The Hall–Kier alpha value is -1.23. The molecule has 29 heavy (non-hydrogen) atoms. The van der Waals surface area contributed by atoms with Gasteiger partial charge in [-0.25, -0.2) is 0 Å². The Labute approximate surface area is 188 Å². The minimum atomic E-state index is -4.15. The van der Waals surface area contributed by atoms with Crippen LogP contribution < -0.4 is 15.4 Å². The molecule has 0 aliphatic carbocycles. The van der Waals surface area contributed by atoms with Crippen LogP contribution in [0.4, 0.5) is 13.2 Å². The van der Waals surface area contributed by atoms with Crippen molar-refractivity contribution in [2.24, 2.45) is 10.9 Å². The lowest BCUT2D eigenvalue weighted by Crippen LogP contribution is -2.40. The first kappa shape index (κ1) is 25.8. The molecule has 1 aromatic carbocycles. The normalized spacial score (nSPS) is 16.2. The van der Waals surface area contributed by atoms with Crippen LogP contribution in [-0.4, -0.2) is 56.9 Å². The zero-order valence-corrected chi connectivity index (χ0v) is 19.4. The van der Waals surface area contributed by atoms with Crippen molar-refractivity contribution in [3.8, 4) is 5.75 Å². The van der Waals surface area contributed by atoms with Crippen molar-refractivity contribution in [3.63, 3.8) is 0 Å². The predicted molar refractivity (Wildman–Crippen MR) is 121 cm³/mol. The molecular formula is C20H32F3IN4O. The second kappa shape index (κ2) is 13.1. The van der Waals surface area contributed by atoms with Gasteiger partial charge in [-0.2, -0.15) is 13.2 Å². The number of nitrogens with one attached hydrogen (secondary N) is 2. The lowest BCUT2D eigenvalue weighted by molar-refractivity contribution is -0.132. The van der Waals surface area contributed by atoms with Gasteiger partial charge in [0, 0.05) is 26.2 Å². The van der Waals surface area contributed by atoms with Crippen LogP contribution in [0, 0.1) is 5.92 Å². The Morgan fingerprint density at radius 3 is 2.38 bits per heavy atom. The summed E-state index contributed by atoms with van der Waals surface area (Å²) in [7, 11) is 1.66. The van der Waals surface area contributed by atoms with E-state index in [4.69, 9.17) is 4.74 Å². The monoisotopic (exact) mass is 528 g/mol. The summed E-state index contributed by atoms with van der Waals surface area (Å²) in [5, 5.41) is 5.78. The number of alkyl halides is 3. The molecule has 1 fully saturated rings. The number of ether oxygens (including phenoxy) is 1. The van der Waals surface area contributed by atoms with Crippen molar-refractivity contribution >= 4 is 29.9 Å². The highest BCUT2D eigenvalue weighted by molar-refractivity contribution is 14.0. The first-order valence-electron chi connectivity index (χ1n) is 9.84. The molecule has 0 aromatic heterocycles. The maximum atomic E-state index is 12.3. The molecule has 0 radical (unpaired) electrons. The van der Waals surface area contributed by atoms with Gasteiger partial charge in [-0.05, 0) is 56.5 Å². The third-order valence-corrected chi connectivity index (χ3v) is 4.83. The predicted octanol–water partition coefficient (Wildman–Crippen LogP) is 4.03. The first-order valence-corrected chi connectivity index (χ1v) is 9.84. The Morgan fingerprint density at radius 1 is 1.17 bits per heavy atom. The van der Waals surface area contributed by atoms with Crippen LogP contribution in [0.25, 0.3) is 0 Å². The highest BCUT2D eigenvalue weighted by atomic mass is 127. The number of aliphatic imine (C=N–C) groups is 1. The summed E-state index contributed by atoms with van der Waals surface area (Å²) in [6.45, 7) is 5.93. The SMILES string of the molecule is CCNC(=NCC1CCN(Cc2ccc(OC)cc2)CC1)NCCC(F)(F)F.I. The maximum Gasteiger partial charge on any atom is 0.390 e. The van der Waals surface area contributed by atoms with Gasteiger partial charge in [0.05, 0.1) is 13.5 Å². The van der Waals surface area contributed by atoms with Crippen molar-refractivity contribution in [2.75, 3.05) is 39.8 Å². The van der Waals surface area contributed by atoms with E-state index in [9.17, 15) is 13.2 Å². The standard InChI is InChI=1S/C20H31F3N4O.HI/c1-3-24-19(25-11-10-20(21,22)23)26-14-16-8-12-27(13-9-16)15-17-4-6-18(28-2)7-5-17;/h4-7,16H,3,8-15H2,1-2H3,(H2,24,25,26);1H. The zero-order valence-electron chi connectivity index (χ0n) is 17.1. The fourth-order valence-electron chi connectivity index (χ4n) is 3.20. The van der Waals surface area contributed by atoms with Gasteiger partial charge >= 0.3 is 6.18 Å². The van der Waals surface area contributed by atoms with E-state index in [1.807, 2.05) is 19.1 Å². The number of benzene rings is 1. The summed E-state index contributed by atoms with van der Waals surface area (Å²) >= 11 is 0. The van der Waals surface area contributed by atoms with Gasteiger partial charge < -0.3 is 15.4 Å². The fraction of sp³-hybridized carbons (Fsp3) is 0.650. The fourth-order valence-corrected chi connectivity index (χ4v) is 3.20. The van der Waals surface area contributed by atoms with Crippen molar-refractivity contribution in [1.29, 1.82) is 0 Å². The number of rotatable bonds is 8. The Balaban J connectivity index is 0.00000420. The van der Waals surface area contributed by atoms with E-state index in [1.165, 1.54) is 5.56 Å². The molecule has 1 aliphatic rings. The highest BCUT2D eigenvalue weighted by Crippen LogP contribution is 2.21. The number of hydrogen-bond acceptors (Lipinski definition) is 3. The summed E-state index contributed by atoms with van der Waals surface area (Å²) in [5.74, 6) is 1.79. The van der Waals surface area contributed by atoms with Crippen LogP contribution in [0.5, 0.6) is 5.75 Å². The van der Waals surface area contributed by atoms with E-state index in [2.05, 4.69) is 32.7 Å². The summed E-state index contributed by atoms with van der Waals surface area (Å²) in [6.07, 6.45) is -2.93. The molecule has 166 valence electrons. The van der Waals surface area contributed by atoms with E-state index >= 15 is 0 Å². The molecule has 0 atom stereocenters. The average Bonchev–Trinajstić information content (AvgIpc) is 2.67. The summed E-state index contributed by atoms with van der Waals surface area (Å²) in [6, 6.07) is 8.13.